The summed E-state index contributed by atoms with van der Waals surface area (Å²) in [5, 5.41) is 5.34. The number of isothiocyanates is 1. The van der Waals surface area contributed by atoms with Gasteiger partial charge >= 0.3 is 0 Å². The van der Waals surface area contributed by atoms with Gasteiger partial charge in [0.2, 0.25) is 5.91 Å². The Bertz CT molecular complexity index is 538. The first-order chi connectivity index (χ1) is 8.77. The van der Waals surface area contributed by atoms with Crippen LogP contribution in [0.15, 0.2) is 17.1 Å². The number of nitrogens with zero attached hydrogens (tertiary/aromatic N) is 1. The van der Waals surface area contributed by atoms with E-state index in [0.29, 0.717) is 6.54 Å². The van der Waals surface area contributed by atoms with Crippen molar-refractivity contribution >= 4 is 29.0 Å². The predicted molar refractivity (Wildman–Crippen MR) is 81.9 cm³/mol. The number of benzene rings is 1. The number of aliphatic imine (C=N–C) groups is 1. The van der Waals surface area contributed by atoms with E-state index in [1.807, 2.05) is 46.8 Å². The van der Waals surface area contributed by atoms with Gasteiger partial charge in [0.15, 0.2) is 0 Å². The molecule has 0 fully saturated rings. The number of nitrogens with one attached hydrogen (secondary N) is 1. The maximum absolute atomic E-state index is 11.9. The van der Waals surface area contributed by atoms with E-state index in [9.17, 15) is 4.79 Å². The fourth-order valence-electron chi connectivity index (χ4n) is 1.73. The quantitative estimate of drug-likeness (QED) is 0.675. The summed E-state index contributed by atoms with van der Waals surface area (Å²) in [4.78, 5) is 16.0. The van der Waals surface area contributed by atoms with Crippen molar-refractivity contribution in [2.75, 3.05) is 0 Å². The van der Waals surface area contributed by atoms with Crippen molar-refractivity contribution in [2.45, 2.75) is 41.2 Å². The summed E-state index contributed by atoms with van der Waals surface area (Å²) in [6.45, 7) is 10.2. The second-order valence-corrected chi connectivity index (χ2v) is 5.83. The van der Waals surface area contributed by atoms with Gasteiger partial charge in [-0.1, -0.05) is 32.9 Å². The van der Waals surface area contributed by atoms with Crippen molar-refractivity contribution in [1.29, 1.82) is 0 Å². The largest absolute Gasteiger partial charge is 0.352 e. The fourth-order valence-corrected chi connectivity index (χ4v) is 1.82. The first-order valence-corrected chi connectivity index (χ1v) is 6.63. The van der Waals surface area contributed by atoms with Gasteiger partial charge in [-0.25, -0.2) is 0 Å². The van der Waals surface area contributed by atoms with Gasteiger partial charge in [-0.2, -0.15) is 4.99 Å². The average Bonchev–Trinajstić information content (AvgIpc) is 2.32. The van der Waals surface area contributed by atoms with E-state index in [0.717, 1.165) is 22.4 Å². The molecule has 102 valence electrons. The number of thiocarbonyl (C=S) groups is 1. The topological polar surface area (TPSA) is 41.5 Å². The van der Waals surface area contributed by atoms with Crippen molar-refractivity contribution in [3.8, 4) is 0 Å². The van der Waals surface area contributed by atoms with Crippen LogP contribution in [0.4, 0.5) is 5.69 Å². The minimum absolute atomic E-state index is 0.0346. The van der Waals surface area contributed by atoms with Crippen LogP contribution in [0.3, 0.4) is 0 Å². The molecule has 0 aliphatic heterocycles. The summed E-state index contributed by atoms with van der Waals surface area (Å²) < 4.78 is 0. The van der Waals surface area contributed by atoms with Crippen LogP contribution in [0.5, 0.6) is 0 Å². The van der Waals surface area contributed by atoms with Crippen LogP contribution in [0.25, 0.3) is 0 Å². The summed E-state index contributed by atoms with van der Waals surface area (Å²) in [7, 11) is 0. The lowest BCUT2D eigenvalue weighted by Gasteiger charge is -2.18. The van der Waals surface area contributed by atoms with Crippen molar-refractivity contribution in [1.82, 2.24) is 5.32 Å². The van der Waals surface area contributed by atoms with Gasteiger partial charge in [-0.3, -0.25) is 4.79 Å². The molecule has 0 bridgehead atoms. The first kappa shape index (κ1) is 15.5. The molecule has 1 N–H and O–H groups in total. The molecule has 1 aromatic rings. The number of hydrogen-bond acceptors (Lipinski definition) is 3. The van der Waals surface area contributed by atoms with Crippen LogP contribution in [0.1, 0.15) is 37.5 Å². The highest BCUT2D eigenvalue weighted by Gasteiger charge is 2.20. The van der Waals surface area contributed by atoms with E-state index in [-0.39, 0.29) is 11.3 Å². The Morgan fingerprint density at radius 2 is 2.00 bits per heavy atom. The monoisotopic (exact) mass is 276 g/mol. The van der Waals surface area contributed by atoms with E-state index in [4.69, 9.17) is 0 Å². The number of amides is 1. The minimum atomic E-state index is -0.381. The second kappa shape index (κ2) is 6.09. The Morgan fingerprint density at radius 3 is 2.53 bits per heavy atom. The summed E-state index contributed by atoms with van der Waals surface area (Å²) >= 11 is 4.67. The average molecular weight is 276 g/mol. The molecule has 0 unspecified atom stereocenters. The third-order valence-electron chi connectivity index (χ3n) is 3.02. The molecule has 0 aliphatic rings. The zero-order valence-corrected chi connectivity index (χ0v) is 12.9. The Labute approximate surface area is 120 Å². The van der Waals surface area contributed by atoms with E-state index in [1.54, 1.807) is 0 Å². The van der Waals surface area contributed by atoms with Crippen LogP contribution in [-0.2, 0) is 11.3 Å². The molecule has 4 heteroatoms. The molecule has 0 aliphatic carbocycles. The van der Waals surface area contributed by atoms with Gasteiger partial charge in [-0.15, -0.1) is 0 Å². The molecule has 0 radical (unpaired) electrons. The molecular formula is C15H20N2OS. The number of hydrogen-bond donors (Lipinski definition) is 1. The lowest BCUT2D eigenvalue weighted by Crippen LogP contribution is -2.34. The molecule has 19 heavy (non-hydrogen) atoms. The zero-order chi connectivity index (χ0) is 14.6. The van der Waals surface area contributed by atoms with Gasteiger partial charge in [0.1, 0.15) is 0 Å². The third-order valence-corrected chi connectivity index (χ3v) is 3.11. The Morgan fingerprint density at radius 1 is 1.37 bits per heavy atom. The van der Waals surface area contributed by atoms with Crippen molar-refractivity contribution in [3.05, 3.63) is 28.8 Å². The molecule has 0 saturated heterocycles. The molecule has 0 spiro atoms. The van der Waals surface area contributed by atoms with Crippen molar-refractivity contribution < 1.29 is 4.79 Å². The summed E-state index contributed by atoms with van der Waals surface area (Å²) in [6, 6.07) is 3.99. The minimum Gasteiger partial charge on any atom is -0.352 e. The Balaban J connectivity index is 2.95. The second-order valence-electron chi connectivity index (χ2n) is 5.65. The molecule has 0 heterocycles. The van der Waals surface area contributed by atoms with E-state index in [2.05, 4.69) is 27.7 Å². The lowest BCUT2D eigenvalue weighted by molar-refractivity contribution is -0.128. The predicted octanol–water partition coefficient (Wildman–Crippen LogP) is 3.70. The standard InChI is InChI=1S/C15H20N2OS/c1-10-6-7-12(11(2)13(10)17-9-19)8-16-14(18)15(3,4)5/h6-7H,8H2,1-5H3,(H,16,18). The Hall–Kier alpha value is -1.51. The van der Waals surface area contributed by atoms with Crippen molar-refractivity contribution in [3.63, 3.8) is 0 Å². The maximum atomic E-state index is 11.9. The van der Waals surface area contributed by atoms with E-state index < -0.39 is 0 Å². The Kier molecular flexibility index (Phi) is 4.98. The fraction of sp³-hybridized carbons (Fsp3) is 0.467. The molecule has 0 aromatic heterocycles. The summed E-state index contributed by atoms with van der Waals surface area (Å²) in [5.41, 5.74) is 3.60. The van der Waals surface area contributed by atoms with E-state index >= 15 is 0 Å². The van der Waals surface area contributed by atoms with Crippen LogP contribution in [0.2, 0.25) is 0 Å². The van der Waals surface area contributed by atoms with Gasteiger partial charge in [0, 0.05) is 12.0 Å². The molecule has 0 atom stereocenters. The number of aryl methyl sites for hydroxylation is 1. The molecular weight excluding hydrogens is 256 g/mol. The van der Waals surface area contributed by atoms with Crippen LogP contribution in [-0.4, -0.2) is 11.1 Å². The number of carbonyl (C=O) groups excluding carboxylic acids is 1. The first-order valence-electron chi connectivity index (χ1n) is 6.22. The van der Waals surface area contributed by atoms with E-state index in [1.165, 1.54) is 0 Å². The highest BCUT2D eigenvalue weighted by atomic mass is 32.1. The number of carbonyl (C=O) groups is 1. The smallest absolute Gasteiger partial charge is 0.225 e. The summed E-state index contributed by atoms with van der Waals surface area (Å²) in [6.07, 6.45) is 0. The highest BCUT2D eigenvalue weighted by Crippen LogP contribution is 2.26. The normalized spacial score (nSPS) is 10.8. The SMILES string of the molecule is Cc1ccc(CNC(=O)C(C)(C)C)c(C)c1N=C=S. The molecule has 1 rings (SSSR count). The van der Waals surface area contributed by atoms with Gasteiger partial charge in [-0.05, 0) is 42.8 Å². The maximum Gasteiger partial charge on any atom is 0.225 e. The number of rotatable bonds is 3. The van der Waals surface area contributed by atoms with Gasteiger partial charge in [0.05, 0.1) is 10.8 Å². The summed E-state index contributed by atoms with van der Waals surface area (Å²) in [5.74, 6) is 0.0346. The molecule has 1 amide bonds. The van der Waals surface area contributed by atoms with Crippen LogP contribution >= 0.6 is 12.2 Å². The molecule has 1 aromatic carbocycles. The molecule has 3 nitrogen and oxygen atoms in total. The van der Waals surface area contributed by atoms with Crippen LogP contribution in [0, 0.1) is 19.3 Å². The highest BCUT2D eigenvalue weighted by molar-refractivity contribution is 7.78. The third kappa shape index (κ3) is 3.98. The van der Waals surface area contributed by atoms with Crippen LogP contribution < -0.4 is 5.32 Å². The molecule has 0 saturated carbocycles. The van der Waals surface area contributed by atoms with Crippen molar-refractivity contribution in [2.24, 2.45) is 10.4 Å². The van der Waals surface area contributed by atoms with Gasteiger partial charge in [0.25, 0.3) is 0 Å². The lowest BCUT2D eigenvalue weighted by atomic mass is 9.95. The zero-order valence-electron chi connectivity index (χ0n) is 12.1. The van der Waals surface area contributed by atoms with Gasteiger partial charge < -0.3 is 5.32 Å².